The maximum absolute atomic E-state index is 13.6. The van der Waals surface area contributed by atoms with Crippen molar-refractivity contribution in [2.75, 3.05) is 7.11 Å². The van der Waals surface area contributed by atoms with E-state index < -0.39 is 6.09 Å². The number of aromatic nitrogens is 1. The number of hydrogen-bond donors (Lipinski definition) is 1. The molecule has 0 saturated heterocycles. The Morgan fingerprint density at radius 3 is 2.64 bits per heavy atom. The van der Waals surface area contributed by atoms with Crippen molar-refractivity contribution in [3.63, 3.8) is 0 Å². The number of benzene rings is 2. The van der Waals surface area contributed by atoms with E-state index in [9.17, 15) is 14.0 Å². The van der Waals surface area contributed by atoms with E-state index in [4.69, 9.17) is 4.74 Å². The van der Waals surface area contributed by atoms with Crippen LogP contribution < -0.4 is 5.32 Å². The molecule has 5 nitrogen and oxygen atoms in total. The molecule has 144 valence electrons. The minimum atomic E-state index is -0.466. The Balaban J connectivity index is 1.71. The maximum atomic E-state index is 13.6. The summed E-state index contributed by atoms with van der Waals surface area (Å²) in [7, 11) is 1.33. The van der Waals surface area contributed by atoms with Crippen molar-refractivity contribution in [3.05, 3.63) is 77.7 Å². The number of halogens is 1. The van der Waals surface area contributed by atoms with Crippen molar-refractivity contribution in [2.24, 2.45) is 0 Å². The summed E-state index contributed by atoms with van der Waals surface area (Å²) in [6.45, 7) is 1.87. The third kappa shape index (κ3) is 4.28. The monoisotopic (exact) mass is 380 g/mol. The summed E-state index contributed by atoms with van der Waals surface area (Å²) in [6, 6.07) is 13.6. The average Bonchev–Trinajstić information content (AvgIpc) is 3.05. The molecule has 0 aliphatic carbocycles. The lowest BCUT2D eigenvalue weighted by Crippen LogP contribution is -2.32. The highest BCUT2D eigenvalue weighted by molar-refractivity contribution is 5.93. The number of amides is 1. The topological polar surface area (TPSA) is 60.3 Å². The van der Waals surface area contributed by atoms with E-state index in [0.29, 0.717) is 12.0 Å². The number of rotatable bonds is 5. The number of methoxy groups -OCH3 is 1. The molecule has 1 atom stereocenters. The van der Waals surface area contributed by atoms with Gasteiger partial charge < -0.3 is 10.1 Å². The molecule has 0 aliphatic heterocycles. The van der Waals surface area contributed by atoms with Crippen molar-refractivity contribution in [1.29, 1.82) is 0 Å². The zero-order valence-corrected chi connectivity index (χ0v) is 15.7. The van der Waals surface area contributed by atoms with Crippen molar-refractivity contribution in [1.82, 2.24) is 9.88 Å². The van der Waals surface area contributed by atoms with Gasteiger partial charge in [0.05, 0.1) is 12.6 Å². The average molecular weight is 380 g/mol. The molecule has 0 fully saturated rings. The summed E-state index contributed by atoms with van der Waals surface area (Å²) in [5, 5.41) is 3.79. The molecule has 0 aliphatic rings. The summed E-state index contributed by atoms with van der Waals surface area (Å²) in [5.74, 6) is -0.692. The third-order valence-corrected chi connectivity index (χ3v) is 4.40. The van der Waals surface area contributed by atoms with Crippen LogP contribution in [0, 0.1) is 5.82 Å². The van der Waals surface area contributed by atoms with Gasteiger partial charge in [-0.3, -0.25) is 9.36 Å². The van der Waals surface area contributed by atoms with Crippen LogP contribution in [0.1, 0.15) is 18.1 Å². The maximum Gasteiger partial charge on any atom is 0.418 e. The van der Waals surface area contributed by atoms with Crippen LogP contribution in [0.5, 0.6) is 0 Å². The Kier molecular flexibility index (Phi) is 5.89. The largest absolute Gasteiger partial charge is 0.452 e. The molecule has 28 heavy (non-hydrogen) atoms. The van der Waals surface area contributed by atoms with Gasteiger partial charge in [0.25, 0.3) is 0 Å². The molecule has 3 aromatic rings. The number of nitrogens with one attached hydrogen (secondary N) is 1. The van der Waals surface area contributed by atoms with Gasteiger partial charge in [-0.2, -0.15) is 0 Å². The van der Waals surface area contributed by atoms with Gasteiger partial charge in [0, 0.05) is 29.3 Å². The fraction of sp³-hybridized carbons (Fsp3) is 0.182. The van der Waals surface area contributed by atoms with Gasteiger partial charge in [-0.15, -0.1) is 0 Å². The molecule has 0 bridgehead atoms. The van der Waals surface area contributed by atoms with Gasteiger partial charge in [-0.1, -0.05) is 36.4 Å². The number of para-hydroxylation sites is 1. The van der Waals surface area contributed by atoms with Crippen LogP contribution >= 0.6 is 0 Å². The van der Waals surface area contributed by atoms with Crippen LogP contribution in [-0.4, -0.2) is 29.7 Å². The predicted molar refractivity (Wildman–Crippen MR) is 106 cm³/mol. The van der Waals surface area contributed by atoms with E-state index >= 15 is 0 Å². The number of ether oxygens (including phenoxy) is 1. The van der Waals surface area contributed by atoms with Gasteiger partial charge in [0.15, 0.2) is 0 Å². The van der Waals surface area contributed by atoms with E-state index in [0.717, 1.165) is 16.5 Å². The number of hydrogen-bond acceptors (Lipinski definition) is 3. The molecule has 1 amide bonds. The van der Waals surface area contributed by atoms with Crippen LogP contribution in [0.15, 0.2) is 60.8 Å². The first kappa shape index (κ1) is 19.4. The van der Waals surface area contributed by atoms with E-state index in [1.165, 1.54) is 29.9 Å². The van der Waals surface area contributed by atoms with E-state index in [-0.39, 0.29) is 17.8 Å². The van der Waals surface area contributed by atoms with Crippen molar-refractivity contribution < 1.29 is 18.7 Å². The number of fused-ring (bicyclic) bond motifs is 1. The lowest BCUT2D eigenvalue weighted by molar-refractivity contribution is -0.117. The lowest BCUT2D eigenvalue weighted by Gasteiger charge is -2.12. The fourth-order valence-corrected chi connectivity index (χ4v) is 3.11. The van der Waals surface area contributed by atoms with Gasteiger partial charge in [0.2, 0.25) is 5.91 Å². The minimum absolute atomic E-state index is 0.185. The first-order chi connectivity index (χ1) is 13.5. The molecule has 0 radical (unpaired) electrons. The molecule has 0 saturated carbocycles. The quantitative estimate of drug-likeness (QED) is 0.677. The van der Waals surface area contributed by atoms with Crippen LogP contribution in [0.2, 0.25) is 0 Å². The Morgan fingerprint density at radius 2 is 1.89 bits per heavy atom. The summed E-state index contributed by atoms with van der Waals surface area (Å²) in [4.78, 5) is 24.1. The molecule has 1 heterocycles. The van der Waals surface area contributed by atoms with Crippen molar-refractivity contribution in [3.8, 4) is 0 Å². The van der Waals surface area contributed by atoms with Gasteiger partial charge in [-0.25, -0.2) is 9.18 Å². The molecule has 1 aromatic heterocycles. The Morgan fingerprint density at radius 1 is 1.18 bits per heavy atom. The predicted octanol–water partition coefficient (Wildman–Crippen LogP) is 4.16. The van der Waals surface area contributed by atoms with Gasteiger partial charge in [0.1, 0.15) is 5.82 Å². The van der Waals surface area contributed by atoms with Crippen molar-refractivity contribution >= 4 is 29.0 Å². The molecule has 2 aromatic carbocycles. The number of carbonyl (C=O) groups is 2. The Labute approximate surface area is 162 Å². The highest BCUT2D eigenvalue weighted by Gasteiger charge is 2.16. The SMILES string of the molecule is COC(=O)n1cc(C[C@@H](C)NC(=O)C=Cc2ccccc2F)c2ccccc21. The molecule has 0 spiro atoms. The highest BCUT2D eigenvalue weighted by atomic mass is 19.1. The second-order valence-electron chi connectivity index (χ2n) is 6.48. The van der Waals surface area contributed by atoms with Gasteiger partial charge >= 0.3 is 6.09 Å². The van der Waals surface area contributed by atoms with E-state index in [1.807, 2.05) is 31.2 Å². The molecule has 6 heteroatoms. The molecular weight excluding hydrogens is 359 g/mol. The standard InChI is InChI=1S/C22H21FN2O3/c1-15(24-21(26)12-11-16-7-3-5-9-19(16)23)13-17-14-25(22(27)28-2)20-10-6-4-8-18(17)20/h3-12,14-15H,13H2,1-2H3,(H,24,26)/t15-/m1/s1. The van der Waals surface area contributed by atoms with Gasteiger partial charge in [-0.05, 0) is 37.1 Å². The summed E-state index contributed by atoms with van der Waals surface area (Å²) in [6.07, 6.45) is 4.55. The summed E-state index contributed by atoms with van der Waals surface area (Å²) >= 11 is 0. The zero-order chi connectivity index (χ0) is 20.1. The molecular formula is C22H21FN2O3. The van der Waals surface area contributed by atoms with Crippen LogP contribution in [0.3, 0.4) is 0 Å². The van der Waals surface area contributed by atoms with Crippen LogP contribution in [-0.2, 0) is 16.0 Å². The zero-order valence-electron chi connectivity index (χ0n) is 15.7. The third-order valence-electron chi connectivity index (χ3n) is 4.40. The van der Waals surface area contributed by atoms with E-state index in [2.05, 4.69) is 5.32 Å². The fourth-order valence-electron chi connectivity index (χ4n) is 3.11. The second kappa shape index (κ2) is 8.52. The number of carbonyl (C=O) groups excluding carboxylic acids is 2. The Bertz CT molecular complexity index is 1040. The highest BCUT2D eigenvalue weighted by Crippen LogP contribution is 2.23. The summed E-state index contributed by atoms with van der Waals surface area (Å²) in [5.41, 5.74) is 2.03. The second-order valence-corrected chi connectivity index (χ2v) is 6.48. The molecule has 0 unspecified atom stereocenters. The molecule has 1 N–H and O–H groups in total. The Hall–Kier alpha value is -3.41. The van der Waals surface area contributed by atoms with E-state index in [1.54, 1.807) is 24.4 Å². The van der Waals surface area contributed by atoms with Crippen LogP contribution in [0.25, 0.3) is 17.0 Å². The smallest absolute Gasteiger partial charge is 0.418 e. The van der Waals surface area contributed by atoms with Crippen LogP contribution in [0.4, 0.5) is 9.18 Å². The lowest BCUT2D eigenvalue weighted by atomic mass is 10.1. The first-order valence-corrected chi connectivity index (χ1v) is 8.90. The molecule has 3 rings (SSSR count). The summed E-state index contributed by atoms with van der Waals surface area (Å²) < 4.78 is 19.9. The first-order valence-electron chi connectivity index (χ1n) is 8.90. The minimum Gasteiger partial charge on any atom is -0.452 e. The normalized spacial score (nSPS) is 12.2. The van der Waals surface area contributed by atoms with Crippen molar-refractivity contribution in [2.45, 2.75) is 19.4 Å². The number of nitrogens with zero attached hydrogens (tertiary/aromatic N) is 1.